The van der Waals surface area contributed by atoms with Gasteiger partial charge in [-0.1, -0.05) is 22.9 Å². The van der Waals surface area contributed by atoms with E-state index >= 15 is 0 Å². The number of hydrogen-bond donors (Lipinski definition) is 1. The Balaban J connectivity index is 2.43. The van der Waals surface area contributed by atoms with Crippen molar-refractivity contribution in [3.05, 3.63) is 44.6 Å². The lowest BCUT2D eigenvalue weighted by molar-refractivity contribution is 0.333. The molecule has 1 heterocycles. The Labute approximate surface area is 138 Å². The Morgan fingerprint density at radius 2 is 2.10 bits per heavy atom. The van der Waals surface area contributed by atoms with Crippen LogP contribution in [0.5, 0.6) is 11.5 Å². The van der Waals surface area contributed by atoms with Gasteiger partial charge < -0.3 is 14.8 Å². The van der Waals surface area contributed by atoms with Crippen molar-refractivity contribution in [1.82, 2.24) is 5.32 Å². The van der Waals surface area contributed by atoms with Crippen LogP contribution in [0.2, 0.25) is 0 Å². The van der Waals surface area contributed by atoms with Crippen LogP contribution in [0.4, 0.5) is 0 Å². The number of halogens is 1. The van der Waals surface area contributed by atoms with Gasteiger partial charge in [-0.25, -0.2) is 0 Å². The molecule has 0 radical (unpaired) electrons. The van der Waals surface area contributed by atoms with Crippen LogP contribution in [-0.2, 0) is 0 Å². The van der Waals surface area contributed by atoms with E-state index in [2.05, 4.69) is 40.3 Å². The zero-order valence-corrected chi connectivity index (χ0v) is 14.9. The molecule has 1 N–H and O–H groups in total. The Hall–Kier alpha value is -1.04. The predicted octanol–water partition coefficient (Wildman–Crippen LogP) is 4.62. The summed E-state index contributed by atoms with van der Waals surface area (Å²) in [7, 11) is 1.69. The van der Waals surface area contributed by atoms with E-state index in [1.54, 1.807) is 18.4 Å². The molecule has 1 unspecified atom stereocenters. The van der Waals surface area contributed by atoms with Crippen LogP contribution in [0.3, 0.4) is 0 Å². The van der Waals surface area contributed by atoms with Gasteiger partial charge in [0.1, 0.15) is 11.5 Å². The molecule has 0 bridgehead atoms. The van der Waals surface area contributed by atoms with Crippen molar-refractivity contribution in [3.8, 4) is 11.5 Å². The second kappa shape index (κ2) is 7.82. The molecular weight excluding hydrogens is 350 g/mol. The first kappa shape index (κ1) is 16.3. The molecule has 114 valence electrons. The molecule has 1 atom stereocenters. The first-order valence-corrected chi connectivity index (χ1v) is 8.64. The van der Waals surface area contributed by atoms with Crippen molar-refractivity contribution in [3.63, 3.8) is 0 Å². The molecule has 0 aliphatic heterocycles. The van der Waals surface area contributed by atoms with Crippen molar-refractivity contribution in [2.45, 2.75) is 19.9 Å². The third-order valence-electron chi connectivity index (χ3n) is 3.11. The van der Waals surface area contributed by atoms with Crippen molar-refractivity contribution >= 4 is 27.3 Å². The SMILES string of the molecule is CCNC(c1cc(OC)cs1)c1cc(Br)ccc1OCC. The van der Waals surface area contributed by atoms with Gasteiger partial charge in [0.25, 0.3) is 0 Å². The van der Waals surface area contributed by atoms with Gasteiger partial charge >= 0.3 is 0 Å². The Morgan fingerprint density at radius 1 is 1.29 bits per heavy atom. The summed E-state index contributed by atoms with van der Waals surface area (Å²) < 4.78 is 12.1. The molecule has 5 heteroatoms. The fraction of sp³-hybridized carbons (Fsp3) is 0.375. The maximum absolute atomic E-state index is 5.79. The van der Waals surface area contributed by atoms with Gasteiger partial charge in [-0.3, -0.25) is 0 Å². The minimum absolute atomic E-state index is 0.1000. The van der Waals surface area contributed by atoms with E-state index in [4.69, 9.17) is 9.47 Å². The number of hydrogen-bond acceptors (Lipinski definition) is 4. The molecule has 0 aliphatic carbocycles. The monoisotopic (exact) mass is 369 g/mol. The first-order valence-electron chi connectivity index (χ1n) is 6.97. The number of methoxy groups -OCH3 is 1. The second-order valence-electron chi connectivity index (χ2n) is 4.49. The summed E-state index contributed by atoms with van der Waals surface area (Å²) in [5, 5.41) is 5.56. The lowest BCUT2D eigenvalue weighted by atomic mass is 10.0. The number of benzene rings is 1. The molecule has 1 aromatic carbocycles. The molecule has 2 rings (SSSR count). The van der Waals surface area contributed by atoms with E-state index in [-0.39, 0.29) is 6.04 Å². The van der Waals surface area contributed by atoms with Gasteiger partial charge in [-0.2, -0.15) is 0 Å². The zero-order valence-electron chi connectivity index (χ0n) is 12.5. The molecule has 2 aromatic rings. The van der Waals surface area contributed by atoms with Gasteiger partial charge in [0.2, 0.25) is 0 Å². The molecule has 0 fully saturated rings. The number of thiophene rings is 1. The molecule has 3 nitrogen and oxygen atoms in total. The molecule has 1 aromatic heterocycles. The molecule has 21 heavy (non-hydrogen) atoms. The number of ether oxygens (including phenoxy) is 2. The Kier molecular flexibility index (Phi) is 6.08. The summed E-state index contributed by atoms with van der Waals surface area (Å²) in [4.78, 5) is 1.22. The standard InChI is InChI=1S/C16H20BrNO2S/c1-4-18-16(15-9-12(19-3)10-21-15)13-8-11(17)6-7-14(13)20-5-2/h6-10,16,18H,4-5H2,1-3H3. The molecule has 0 saturated heterocycles. The maximum atomic E-state index is 5.79. The maximum Gasteiger partial charge on any atom is 0.129 e. The quantitative estimate of drug-likeness (QED) is 0.772. The highest BCUT2D eigenvalue weighted by Gasteiger charge is 2.20. The molecule has 0 saturated carbocycles. The van der Waals surface area contributed by atoms with Gasteiger partial charge in [-0.05, 0) is 37.7 Å². The smallest absolute Gasteiger partial charge is 0.129 e. The minimum atomic E-state index is 0.1000. The molecule has 0 amide bonds. The molecular formula is C16H20BrNO2S. The second-order valence-corrected chi connectivity index (χ2v) is 6.35. The van der Waals surface area contributed by atoms with Crippen molar-refractivity contribution in [1.29, 1.82) is 0 Å². The van der Waals surface area contributed by atoms with Crippen LogP contribution < -0.4 is 14.8 Å². The summed E-state index contributed by atoms with van der Waals surface area (Å²) in [5.74, 6) is 1.81. The van der Waals surface area contributed by atoms with Gasteiger partial charge in [0, 0.05) is 20.3 Å². The number of rotatable bonds is 7. The third-order valence-corrected chi connectivity index (χ3v) is 4.58. The van der Waals surface area contributed by atoms with E-state index in [1.165, 1.54) is 4.88 Å². The summed E-state index contributed by atoms with van der Waals surface area (Å²) in [6, 6.07) is 8.31. The van der Waals surface area contributed by atoms with Crippen LogP contribution in [-0.4, -0.2) is 20.3 Å². The average Bonchev–Trinajstić information content (AvgIpc) is 2.95. The summed E-state index contributed by atoms with van der Waals surface area (Å²) in [6.45, 7) is 5.64. The van der Waals surface area contributed by atoms with Gasteiger partial charge in [0.15, 0.2) is 0 Å². The van der Waals surface area contributed by atoms with E-state index in [0.717, 1.165) is 28.1 Å². The highest BCUT2D eigenvalue weighted by atomic mass is 79.9. The first-order chi connectivity index (χ1) is 10.2. The topological polar surface area (TPSA) is 30.5 Å². The predicted molar refractivity (Wildman–Crippen MR) is 91.7 cm³/mol. The van der Waals surface area contributed by atoms with Crippen molar-refractivity contribution in [2.24, 2.45) is 0 Å². The molecule has 0 spiro atoms. The van der Waals surface area contributed by atoms with Crippen LogP contribution in [0.25, 0.3) is 0 Å². The van der Waals surface area contributed by atoms with Crippen molar-refractivity contribution in [2.75, 3.05) is 20.3 Å². The number of nitrogens with one attached hydrogen (secondary N) is 1. The van der Waals surface area contributed by atoms with Crippen LogP contribution >= 0.6 is 27.3 Å². The van der Waals surface area contributed by atoms with Crippen molar-refractivity contribution < 1.29 is 9.47 Å². The third kappa shape index (κ3) is 3.99. The summed E-state index contributed by atoms with van der Waals surface area (Å²) in [6.07, 6.45) is 0. The van der Waals surface area contributed by atoms with Gasteiger partial charge in [0.05, 0.1) is 19.8 Å². The Morgan fingerprint density at radius 3 is 2.71 bits per heavy atom. The highest BCUT2D eigenvalue weighted by Crippen LogP contribution is 2.36. The van der Waals surface area contributed by atoms with Gasteiger partial charge in [-0.15, -0.1) is 11.3 Å². The largest absolute Gasteiger partial charge is 0.496 e. The summed E-state index contributed by atoms with van der Waals surface area (Å²) in [5.41, 5.74) is 1.14. The summed E-state index contributed by atoms with van der Waals surface area (Å²) >= 11 is 5.24. The van der Waals surface area contributed by atoms with E-state index in [9.17, 15) is 0 Å². The average molecular weight is 370 g/mol. The van der Waals surface area contributed by atoms with Crippen LogP contribution in [0.15, 0.2) is 34.1 Å². The fourth-order valence-electron chi connectivity index (χ4n) is 2.19. The van der Waals surface area contributed by atoms with Crippen LogP contribution in [0, 0.1) is 0 Å². The van der Waals surface area contributed by atoms with E-state index in [0.29, 0.717) is 6.61 Å². The lowest BCUT2D eigenvalue weighted by Crippen LogP contribution is -2.22. The lowest BCUT2D eigenvalue weighted by Gasteiger charge is -2.20. The minimum Gasteiger partial charge on any atom is -0.496 e. The fourth-order valence-corrected chi connectivity index (χ4v) is 3.52. The van der Waals surface area contributed by atoms with Crippen LogP contribution in [0.1, 0.15) is 30.3 Å². The Bertz CT molecular complexity index is 585. The normalized spacial score (nSPS) is 12.2. The zero-order chi connectivity index (χ0) is 15.2. The highest BCUT2D eigenvalue weighted by molar-refractivity contribution is 9.10. The van der Waals surface area contributed by atoms with E-state index < -0.39 is 0 Å². The van der Waals surface area contributed by atoms with E-state index in [1.807, 2.05) is 24.4 Å². The molecule has 0 aliphatic rings.